The Bertz CT molecular complexity index is 1290. The second kappa shape index (κ2) is 10.3. The Balaban J connectivity index is 1.53. The summed E-state index contributed by atoms with van der Waals surface area (Å²) in [5, 5.41) is 13.6. The first kappa shape index (κ1) is 24.9. The molecule has 2 aliphatic carbocycles. The van der Waals surface area contributed by atoms with Crippen LogP contribution in [0.3, 0.4) is 0 Å². The van der Waals surface area contributed by atoms with E-state index in [9.17, 15) is 14.7 Å². The first-order valence-electron chi connectivity index (χ1n) is 12.9. The molecule has 2 aromatic carbocycles. The number of aromatic hydroxyl groups is 1. The predicted molar refractivity (Wildman–Crippen MR) is 139 cm³/mol. The number of methoxy groups -OCH3 is 2. The number of carbonyl (C=O) groups is 2. The van der Waals surface area contributed by atoms with Gasteiger partial charge in [-0.2, -0.15) is 0 Å². The molecule has 0 amide bonds. The number of dihydropyridines is 1. The fourth-order valence-electron chi connectivity index (χ4n) is 5.91. The van der Waals surface area contributed by atoms with Crippen molar-refractivity contribution in [3.63, 3.8) is 0 Å². The van der Waals surface area contributed by atoms with Crippen LogP contribution in [0, 0.1) is 0 Å². The Labute approximate surface area is 217 Å². The van der Waals surface area contributed by atoms with Crippen molar-refractivity contribution < 1.29 is 28.9 Å². The largest absolute Gasteiger partial charge is 0.508 e. The summed E-state index contributed by atoms with van der Waals surface area (Å²) in [6, 6.07) is 12.5. The maximum absolute atomic E-state index is 13.8. The molecule has 0 aromatic heterocycles. The van der Waals surface area contributed by atoms with Gasteiger partial charge in [0.1, 0.15) is 11.9 Å². The van der Waals surface area contributed by atoms with Crippen LogP contribution in [-0.4, -0.2) is 37.2 Å². The Hall–Kier alpha value is -3.74. The van der Waals surface area contributed by atoms with E-state index >= 15 is 0 Å². The molecule has 7 nitrogen and oxygen atoms in total. The number of phenols is 1. The van der Waals surface area contributed by atoms with Gasteiger partial charge in [-0.15, -0.1) is 0 Å². The Morgan fingerprint density at radius 3 is 2.43 bits per heavy atom. The summed E-state index contributed by atoms with van der Waals surface area (Å²) in [5.74, 6) is 0.268. The maximum atomic E-state index is 13.8. The fraction of sp³-hybridized carbons (Fsp3) is 0.400. The van der Waals surface area contributed by atoms with E-state index in [1.807, 2.05) is 31.2 Å². The number of allylic oxidation sites excluding steroid dienone is 3. The van der Waals surface area contributed by atoms with Crippen molar-refractivity contribution in [3.05, 3.63) is 76.1 Å². The van der Waals surface area contributed by atoms with Gasteiger partial charge >= 0.3 is 5.97 Å². The van der Waals surface area contributed by atoms with Crippen molar-refractivity contribution in [1.29, 1.82) is 0 Å². The Morgan fingerprint density at radius 2 is 1.73 bits per heavy atom. The number of carbonyl (C=O) groups excluding carboxylic acids is 2. The lowest BCUT2D eigenvalue weighted by Gasteiger charge is -2.37. The third kappa shape index (κ3) is 4.82. The minimum atomic E-state index is -0.601. The first-order valence-corrected chi connectivity index (χ1v) is 12.9. The van der Waals surface area contributed by atoms with E-state index in [-0.39, 0.29) is 23.6 Å². The van der Waals surface area contributed by atoms with Crippen molar-refractivity contribution >= 4 is 11.8 Å². The predicted octanol–water partition coefficient (Wildman–Crippen LogP) is 5.26. The van der Waals surface area contributed by atoms with Crippen molar-refractivity contribution in [2.24, 2.45) is 0 Å². The monoisotopic (exact) mass is 503 g/mol. The number of rotatable bonds is 6. The third-order valence-electron chi connectivity index (χ3n) is 7.71. The number of Topliss-reactive ketones (excluding diaryl/α,β-unsaturated/α-hetero) is 1. The number of ketones is 1. The summed E-state index contributed by atoms with van der Waals surface area (Å²) in [5.41, 5.74) is 4.18. The zero-order chi connectivity index (χ0) is 26.1. The number of nitrogens with one attached hydrogen (secondary N) is 1. The summed E-state index contributed by atoms with van der Waals surface area (Å²) < 4.78 is 16.7. The van der Waals surface area contributed by atoms with Gasteiger partial charge in [0.05, 0.1) is 19.8 Å². The normalized spacial score (nSPS) is 22.0. The minimum absolute atomic E-state index is 0.0273. The molecule has 37 heavy (non-hydrogen) atoms. The van der Waals surface area contributed by atoms with E-state index in [0.717, 1.165) is 36.9 Å². The third-order valence-corrected chi connectivity index (χ3v) is 7.71. The molecule has 0 saturated heterocycles. The highest BCUT2D eigenvalue weighted by Crippen LogP contribution is 2.47. The molecule has 1 heterocycles. The Morgan fingerprint density at radius 1 is 0.973 bits per heavy atom. The molecule has 194 valence electrons. The van der Waals surface area contributed by atoms with E-state index < -0.39 is 11.9 Å². The van der Waals surface area contributed by atoms with Crippen LogP contribution in [0.1, 0.15) is 68.4 Å². The van der Waals surface area contributed by atoms with Crippen LogP contribution in [0.4, 0.5) is 0 Å². The molecule has 1 aliphatic heterocycles. The van der Waals surface area contributed by atoms with Gasteiger partial charge in [-0.05, 0) is 80.3 Å². The molecule has 2 N–H and O–H groups in total. The van der Waals surface area contributed by atoms with Gasteiger partial charge < -0.3 is 24.6 Å². The average molecular weight is 504 g/mol. The van der Waals surface area contributed by atoms with Crippen LogP contribution < -0.4 is 14.8 Å². The van der Waals surface area contributed by atoms with Crippen molar-refractivity contribution in [2.45, 2.75) is 63.4 Å². The van der Waals surface area contributed by atoms with E-state index in [2.05, 4.69) is 5.32 Å². The van der Waals surface area contributed by atoms with Gasteiger partial charge in [-0.25, -0.2) is 4.79 Å². The average Bonchev–Trinajstić information content (AvgIpc) is 3.40. The minimum Gasteiger partial charge on any atom is -0.508 e. The van der Waals surface area contributed by atoms with E-state index in [1.54, 1.807) is 32.4 Å². The van der Waals surface area contributed by atoms with Crippen LogP contribution in [0.2, 0.25) is 0 Å². The van der Waals surface area contributed by atoms with E-state index in [1.165, 1.54) is 0 Å². The fourth-order valence-corrected chi connectivity index (χ4v) is 5.91. The number of hydrogen-bond donors (Lipinski definition) is 2. The summed E-state index contributed by atoms with van der Waals surface area (Å²) in [6.45, 7) is 1.86. The lowest BCUT2D eigenvalue weighted by Crippen LogP contribution is -2.36. The van der Waals surface area contributed by atoms with Gasteiger partial charge in [0.15, 0.2) is 17.3 Å². The van der Waals surface area contributed by atoms with Crippen molar-refractivity contribution in [3.8, 4) is 17.2 Å². The molecule has 2 aromatic rings. The molecule has 0 bridgehead atoms. The van der Waals surface area contributed by atoms with Crippen molar-refractivity contribution in [1.82, 2.24) is 5.32 Å². The number of ether oxygens (including phenoxy) is 3. The molecule has 0 unspecified atom stereocenters. The molecule has 1 fully saturated rings. The highest BCUT2D eigenvalue weighted by Gasteiger charge is 2.42. The van der Waals surface area contributed by atoms with Crippen LogP contribution >= 0.6 is 0 Å². The molecule has 0 radical (unpaired) electrons. The quantitative estimate of drug-likeness (QED) is 0.520. The molecule has 0 spiro atoms. The highest BCUT2D eigenvalue weighted by atomic mass is 16.5. The van der Waals surface area contributed by atoms with Crippen LogP contribution in [0.15, 0.2) is 65.0 Å². The second-order valence-electron chi connectivity index (χ2n) is 10.0. The smallest absolute Gasteiger partial charge is 0.337 e. The molecular formula is C30H33NO6. The summed E-state index contributed by atoms with van der Waals surface area (Å²) in [7, 11) is 3.19. The molecule has 2 atom stereocenters. The zero-order valence-corrected chi connectivity index (χ0v) is 21.5. The Kier molecular flexibility index (Phi) is 6.96. The zero-order valence-electron chi connectivity index (χ0n) is 21.5. The summed E-state index contributed by atoms with van der Waals surface area (Å²) in [4.78, 5) is 27.3. The molecule has 5 rings (SSSR count). The van der Waals surface area contributed by atoms with Crippen LogP contribution in [0.5, 0.6) is 17.2 Å². The maximum Gasteiger partial charge on any atom is 0.337 e. The second-order valence-corrected chi connectivity index (χ2v) is 10.0. The number of benzene rings is 2. The summed E-state index contributed by atoms with van der Waals surface area (Å²) >= 11 is 0. The van der Waals surface area contributed by atoms with Gasteiger partial charge in [-0.3, -0.25) is 4.79 Å². The summed E-state index contributed by atoms with van der Waals surface area (Å²) in [6.07, 6.45) is 4.64. The highest BCUT2D eigenvalue weighted by molar-refractivity contribution is 6.04. The number of phenolic OH excluding ortho intramolecular Hbond substituents is 1. The van der Waals surface area contributed by atoms with E-state index in [0.29, 0.717) is 46.7 Å². The van der Waals surface area contributed by atoms with Crippen molar-refractivity contribution in [2.75, 3.05) is 14.2 Å². The van der Waals surface area contributed by atoms with Crippen LogP contribution in [-0.2, 0) is 14.3 Å². The lowest BCUT2D eigenvalue weighted by molar-refractivity contribution is -0.144. The number of esters is 1. The first-order chi connectivity index (χ1) is 17.9. The van der Waals surface area contributed by atoms with Crippen LogP contribution in [0.25, 0.3) is 0 Å². The molecule has 1 saturated carbocycles. The standard InChI is InChI=1S/C30H33NO6/c1-17-27(30(34)37-22-9-4-5-10-22)28(19-7-6-8-21(32)13-19)29-23(31-17)14-20(15-24(29)33)18-11-12-25(35-2)26(16-18)36-3/h6-8,11-13,16,20,22,28,31-32H,4-5,9-10,14-15H2,1-3H3/t20-,28+/m1/s1. The van der Waals surface area contributed by atoms with Gasteiger partial charge in [-0.1, -0.05) is 18.2 Å². The SMILES string of the molecule is COc1ccc([C@H]2CC(=O)C3=C(C2)NC(C)=C(C(=O)OC2CCCC2)[C@@H]3c2cccc(O)c2)cc1OC. The van der Waals surface area contributed by atoms with Gasteiger partial charge in [0.25, 0.3) is 0 Å². The molecular weight excluding hydrogens is 470 g/mol. The van der Waals surface area contributed by atoms with E-state index in [4.69, 9.17) is 14.2 Å². The lowest BCUT2D eigenvalue weighted by atomic mass is 9.71. The topological polar surface area (TPSA) is 94.1 Å². The molecule has 7 heteroatoms. The van der Waals surface area contributed by atoms with Gasteiger partial charge in [0, 0.05) is 29.3 Å². The van der Waals surface area contributed by atoms with Gasteiger partial charge in [0.2, 0.25) is 0 Å². The number of hydrogen-bond acceptors (Lipinski definition) is 7. The molecule has 3 aliphatic rings.